The quantitative estimate of drug-likeness (QED) is 0.714. The van der Waals surface area contributed by atoms with E-state index in [1.54, 1.807) is 24.3 Å². The molecule has 2 rings (SSSR count). The molecule has 0 spiro atoms. The van der Waals surface area contributed by atoms with Gasteiger partial charge >= 0.3 is 0 Å². The number of fused-ring (bicyclic) bond motifs is 1. The Bertz CT molecular complexity index is 510. The molecule has 0 saturated carbocycles. The standard InChI is InChI=1S/C9H10N2O3S/c1-15(13,14)9-8(12)6-4-2-3-5-7(6)10-11-9/h2-5,9-11H,1H3. The number of benzene rings is 1. The Kier molecular flexibility index (Phi) is 2.24. The van der Waals surface area contributed by atoms with Crippen LogP contribution in [0.2, 0.25) is 0 Å². The van der Waals surface area contributed by atoms with Gasteiger partial charge in [0.05, 0.1) is 5.69 Å². The first-order chi connectivity index (χ1) is 7.00. The summed E-state index contributed by atoms with van der Waals surface area (Å²) in [5, 5.41) is -1.20. The molecule has 0 aromatic heterocycles. The highest BCUT2D eigenvalue weighted by Crippen LogP contribution is 2.21. The molecule has 0 fully saturated rings. The van der Waals surface area contributed by atoms with Gasteiger partial charge in [-0.1, -0.05) is 12.1 Å². The molecule has 1 aliphatic heterocycles. The maximum absolute atomic E-state index is 11.8. The van der Waals surface area contributed by atoms with Crippen molar-refractivity contribution in [2.24, 2.45) is 0 Å². The van der Waals surface area contributed by atoms with Crippen LogP contribution in [0.15, 0.2) is 24.3 Å². The Hall–Kier alpha value is -1.40. The fourth-order valence-corrected chi connectivity index (χ4v) is 2.25. The largest absolute Gasteiger partial charge is 0.319 e. The SMILES string of the molecule is CS(=O)(=O)C1NNc2ccccc2C1=O. The number of carbonyl (C=O) groups is 1. The highest BCUT2D eigenvalue weighted by atomic mass is 32.2. The summed E-state index contributed by atoms with van der Waals surface area (Å²) < 4.78 is 22.6. The van der Waals surface area contributed by atoms with Crippen molar-refractivity contribution in [3.8, 4) is 0 Å². The van der Waals surface area contributed by atoms with Crippen LogP contribution in [0.4, 0.5) is 5.69 Å². The van der Waals surface area contributed by atoms with E-state index in [-0.39, 0.29) is 0 Å². The molecule has 1 aromatic rings. The normalized spacial score (nSPS) is 20.6. The summed E-state index contributed by atoms with van der Waals surface area (Å²) in [5.74, 6) is -0.424. The molecule has 2 N–H and O–H groups in total. The second-order valence-electron chi connectivity index (χ2n) is 3.39. The summed E-state index contributed by atoms with van der Waals surface area (Å²) in [7, 11) is -3.44. The molecule has 15 heavy (non-hydrogen) atoms. The maximum Gasteiger partial charge on any atom is 0.199 e. The van der Waals surface area contributed by atoms with E-state index in [0.29, 0.717) is 11.3 Å². The molecule has 0 bridgehead atoms. The third-order valence-corrected chi connectivity index (χ3v) is 3.38. The number of anilines is 1. The highest BCUT2D eigenvalue weighted by molar-refractivity contribution is 7.92. The number of hydrogen-bond donors (Lipinski definition) is 2. The predicted octanol–water partition coefficient (Wildman–Crippen LogP) is 0.170. The van der Waals surface area contributed by atoms with Crippen molar-refractivity contribution in [1.29, 1.82) is 0 Å². The van der Waals surface area contributed by atoms with Gasteiger partial charge in [-0.3, -0.25) is 4.79 Å². The second kappa shape index (κ2) is 3.32. The van der Waals surface area contributed by atoms with Gasteiger partial charge in [0.2, 0.25) is 0 Å². The van der Waals surface area contributed by atoms with Gasteiger partial charge in [-0.05, 0) is 12.1 Å². The lowest BCUT2D eigenvalue weighted by Crippen LogP contribution is -2.49. The summed E-state index contributed by atoms with van der Waals surface area (Å²) in [6.07, 6.45) is 1.03. The van der Waals surface area contributed by atoms with Crippen LogP contribution in [0.1, 0.15) is 10.4 Å². The molecule has 1 atom stereocenters. The minimum Gasteiger partial charge on any atom is -0.319 e. The summed E-state index contributed by atoms with van der Waals surface area (Å²) in [6, 6.07) is 6.77. The number of sulfone groups is 1. The summed E-state index contributed by atoms with van der Waals surface area (Å²) in [4.78, 5) is 11.8. The zero-order valence-electron chi connectivity index (χ0n) is 8.02. The third-order valence-electron chi connectivity index (χ3n) is 2.20. The van der Waals surface area contributed by atoms with Crippen LogP contribution < -0.4 is 10.9 Å². The highest BCUT2D eigenvalue weighted by Gasteiger charge is 2.33. The van der Waals surface area contributed by atoms with E-state index in [1.165, 1.54) is 0 Å². The molecule has 1 unspecified atom stereocenters. The smallest absolute Gasteiger partial charge is 0.199 e. The van der Waals surface area contributed by atoms with Crippen LogP contribution in [-0.4, -0.2) is 25.8 Å². The summed E-state index contributed by atoms with van der Waals surface area (Å²) in [5.41, 5.74) is 6.17. The predicted molar refractivity (Wildman–Crippen MR) is 56.2 cm³/mol. The van der Waals surface area contributed by atoms with Gasteiger partial charge in [0.1, 0.15) is 0 Å². The molecule has 1 aromatic carbocycles. The number of nitrogens with one attached hydrogen (secondary N) is 2. The first kappa shape index (κ1) is 10.1. The Morgan fingerprint density at radius 2 is 1.93 bits per heavy atom. The molecular weight excluding hydrogens is 216 g/mol. The number of ketones is 1. The van der Waals surface area contributed by atoms with Crippen molar-refractivity contribution in [3.63, 3.8) is 0 Å². The number of carbonyl (C=O) groups excluding carboxylic acids is 1. The minimum atomic E-state index is -3.44. The van der Waals surface area contributed by atoms with Gasteiger partial charge in [-0.2, -0.15) is 0 Å². The number of Topliss-reactive ketones (excluding diaryl/α,β-unsaturated/α-hetero) is 1. The summed E-state index contributed by atoms with van der Waals surface area (Å²) in [6.45, 7) is 0. The van der Waals surface area contributed by atoms with Crippen molar-refractivity contribution >= 4 is 21.3 Å². The molecule has 6 heteroatoms. The van der Waals surface area contributed by atoms with E-state index in [1.807, 2.05) is 0 Å². The van der Waals surface area contributed by atoms with Gasteiger partial charge in [-0.25, -0.2) is 13.8 Å². The maximum atomic E-state index is 11.8. The molecule has 1 heterocycles. The van der Waals surface area contributed by atoms with E-state index in [4.69, 9.17) is 0 Å². The Labute approximate surface area is 87.4 Å². The van der Waals surface area contributed by atoms with Gasteiger partial charge in [0.25, 0.3) is 0 Å². The lowest BCUT2D eigenvalue weighted by molar-refractivity contribution is 0.0974. The molecule has 1 aliphatic rings. The van der Waals surface area contributed by atoms with Crippen molar-refractivity contribution < 1.29 is 13.2 Å². The van der Waals surface area contributed by atoms with Crippen molar-refractivity contribution in [3.05, 3.63) is 29.8 Å². The van der Waals surface area contributed by atoms with Crippen LogP contribution in [0.3, 0.4) is 0 Å². The van der Waals surface area contributed by atoms with Crippen LogP contribution in [0, 0.1) is 0 Å². The number of hydrazine groups is 1. The van der Waals surface area contributed by atoms with Gasteiger partial charge in [0.15, 0.2) is 21.0 Å². The Balaban J connectivity index is 2.47. The fraction of sp³-hybridized carbons (Fsp3) is 0.222. The molecule has 80 valence electrons. The van der Waals surface area contributed by atoms with E-state index in [0.717, 1.165) is 6.26 Å². The third kappa shape index (κ3) is 1.73. The number of hydrogen-bond acceptors (Lipinski definition) is 5. The monoisotopic (exact) mass is 226 g/mol. The van der Waals surface area contributed by atoms with Crippen LogP contribution in [-0.2, 0) is 9.84 Å². The van der Waals surface area contributed by atoms with Crippen LogP contribution in [0.5, 0.6) is 0 Å². The topological polar surface area (TPSA) is 75.3 Å². The Morgan fingerprint density at radius 3 is 2.60 bits per heavy atom. The first-order valence-electron chi connectivity index (χ1n) is 4.34. The van der Waals surface area contributed by atoms with E-state index >= 15 is 0 Å². The summed E-state index contributed by atoms with van der Waals surface area (Å²) >= 11 is 0. The van der Waals surface area contributed by atoms with Gasteiger partial charge < -0.3 is 5.43 Å². The number of rotatable bonds is 1. The fourth-order valence-electron chi connectivity index (χ4n) is 1.46. The van der Waals surface area contributed by atoms with Crippen LogP contribution in [0.25, 0.3) is 0 Å². The molecule has 5 nitrogen and oxygen atoms in total. The number of para-hydroxylation sites is 1. The van der Waals surface area contributed by atoms with Gasteiger partial charge in [0, 0.05) is 11.8 Å². The molecule has 0 aliphatic carbocycles. The second-order valence-corrected chi connectivity index (χ2v) is 5.52. The lowest BCUT2D eigenvalue weighted by Gasteiger charge is -2.24. The zero-order chi connectivity index (χ0) is 11.1. The lowest BCUT2D eigenvalue weighted by atomic mass is 10.1. The van der Waals surface area contributed by atoms with E-state index in [9.17, 15) is 13.2 Å². The van der Waals surface area contributed by atoms with Crippen molar-refractivity contribution in [2.75, 3.05) is 11.7 Å². The average molecular weight is 226 g/mol. The molecule has 0 amide bonds. The molecule has 0 radical (unpaired) electrons. The zero-order valence-corrected chi connectivity index (χ0v) is 8.84. The van der Waals surface area contributed by atoms with E-state index in [2.05, 4.69) is 10.9 Å². The Morgan fingerprint density at radius 1 is 1.27 bits per heavy atom. The van der Waals surface area contributed by atoms with Gasteiger partial charge in [-0.15, -0.1) is 0 Å². The van der Waals surface area contributed by atoms with E-state index < -0.39 is 21.0 Å². The minimum absolute atomic E-state index is 0.395. The molecular formula is C9H10N2O3S. The average Bonchev–Trinajstić information content (AvgIpc) is 2.16. The first-order valence-corrected chi connectivity index (χ1v) is 6.29. The van der Waals surface area contributed by atoms with Crippen LogP contribution >= 0.6 is 0 Å². The molecule has 0 saturated heterocycles. The van der Waals surface area contributed by atoms with Crippen molar-refractivity contribution in [2.45, 2.75) is 5.37 Å². The van der Waals surface area contributed by atoms with Crippen molar-refractivity contribution in [1.82, 2.24) is 5.43 Å².